The number of rotatable bonds is 8. The average Bonchev–Trinajstić information content (AvgIpc) is 3.05. The molecule has 6 nitrogen and oxygen atoms in total. The summed E-state index contributed by atoms with van der Waals surface area (Å²) in [6.07, 6.45) is 3.38. The largest absolute Gasteiger partial charge is 0.366 e. The smallest absolute Gasteiger partial charge is 0.253 e. The standard InChI is InChI=1S/C34H35ClFN5OS/c35-31-23-32(40-16-14-26(15-17-40)22-25-6-2-1-3-7-25)38-34(37-31)43-24-27-10-12-28(13-11-27)33(42)41-20-18-39(19-21-41)30-9-5-4-8-29(30)36/h1-13,23,26H,14-22,24H2. The molecule has 9 heteroatoms. The number of hydrogen-bond donors (Lipinski definition) is 0. The molecule has 43 heavy (non-hydrogen) atoms. The number of piperidine rings is 1. The Morgan fingerprint density at radius 3 is 2.23 bits per heavy atom. The number of hydrogen-bond acceptors (Lipinski definition) is 6. The first-order valence-electron chi connectivity index (χ1n) is 14.9. The van der Waals surface area contributed by atoms with Crippen molar-refractivity contribution >= 4 is 40.8 Å². The van der Waals surface area contributed by atoms with Crippen molar-refractivity contribution in [1.82, 2.24) is 14.9 Å². The van der Waals surface area contributed by atoms with E-state index in [2.05, 4.69) is 40.2 Å². The zero-order valence-electron chi connectivity index (χ0n) is 24.0. The predicted octanol–water partition coefficient (Wildman–Crippen LogP) is 6.98. The van der Waals surface area contributed by atoms with Crippen LogP contribution >= 0.6 is 23.4 Å². The molecule has 2 saturated heterocycles. The minimum absolute atomic E-state index is 0.00254. The van der Waals surface area contributed by atoms with Gasteiger partial charge in [0, 0.05) is 56.7 Å². The van der Waals surface area contributed by atoms with Crippen molar-refractivity contribution in [3.63, 3.8) is 0 Å². The van der Waals surface area contributed by atoms with Crippen molar-refractivity contribution in [3.8, 4) is 0 Å². The van der Waals surface area contributed by atoms with Gasteiger partial charge in [-0.15, -0.1) is 0 Å². The highest BCUT2D eigenvalue weighted by molar-refractivity contribution is 7.98. The molecule has 0 unspecified atom stereocenters. The monoisotopic (exact) mass is 615 g/mol. The predicted molar refractivity (Wildman–Crippen MR) is 173 cm³/mol. The lowest BCUT2D eigenvalue weighted by molar-refractivity contribution is 0.0746. The lowest BCUT2D eigenvalue weighted by Crippen LogP contribution is -2.49. The van der Waals surface area contributed by atoms with Gasteiger partial charge in [0.25, 0.3) is 5.91 Å². The number of amides is 1. The van der Waals surface area contributed by atoms with Crippen LogP contribution in [0.4, 0.5) is 15.9 Å². The quantitative estimate of drug-likeness (QED) is 0.121. The minimum Gasteiger partial charge on any atom is -0.366 e. The molecule has 0 N–H and O–H groups in total. The topological polar surface area (TPSA) is 52.6 Å². The van der Waals surface area contributed by atoms with Crippen LogP contribution in [-0.4, -0.2) is 60.0 Å². The highest BCUT2D eigenvalue weighted by Gasteiger charge is 2.24. The van der Waals surface area contributed by atoms with E-state index in [1.807, 2.05) is 46.2 Å². The number of benzene rings is 3. The van der Waals surface area contributed by atoms with Gasteiger partial charge in [-0.3, -0.25) is 4.79 Å². The van der Waals surface area contributed by atoms with E-state index < -0.39 is 0 Å². The van der Waals surface area contributed by atoms with E-state index in [1.165, 1.54) is 11.6 Å². The van der Waals surface area contributed by atoms with Crippen LogP contribution in [0.25, 0.3) is 0 Å². The number of halogens is 2. The van der Waals surface area contributed by atoms with Crippen molar-refractivity contribution in [2.45, 2.75) is 30.2 Å². The molecule has 2 aliphatic rings. The number of nitrogens with zero attached hydrogens (tertiary/aromatic N) is 5. The summed E-state index contributed by atoms with van der Waals surface area (Å²) in [5.74, 6) is 2.02. The van der Waals surface area contributed by atoms with E-state index in [-0.39, 0.29) is 11.7 Å². The average molecular weight is 616 g/mol. The summed E-state index contributed by atoms with van der Waals surface area (Å²) in [4.78, 5) is 28.6. The van der Waals surface area contributed by atoms with Crippen molar-refractivity contribution < 1.29 is 9.18 Å². The fourth-order valence-electron chi connectivity index (χ4n) is 5.86. The van der Waals surface area contributed by atoms with E-state index in [0.29, 0.717) is 59.4 Å². The molecule has 1 amide bonds. The fraction of sp³-hybridized carbons (Fsp3) is 0.324. The molecule has 0 saturated carbocycles. The van der Waals surface area contributed by atoms with E-state index in [9.17, 15) is 9.18 Å². The second-order valence-electron chi connectivity index (χ2n) is 11.2. The third-order valence-corrected chi connectivity index (χ3v) is 9.41. The van der Waals surface area contributed by atoms with Gasteiger partial charge in [-0.25, -0.2) is 14.4 Å². The van der Waals surface area contributed by atoms with Crippen molar-refractivity contribution in [2.75, 3.05) is 49.1 Å². The van der Waals surface area contributed by atoms with Crippen LogP contribution in [0.15, 0.2) is 90.1 Å². The molecule has 1 aromatic heterocycles. The molecule has 2 aliphatic heterocycles. The van der Waals surface area contributed by atoms with Crippen LogP contribution in [-0.2, 0) is 12.2 Å². The molecule has 222 valence electrons. The second-order valence-corrected chi connectivity index (χ2v) is 12.5. The van der Waals surface area contributed by atoms with E-state index in [1.54, 1.807) is 23.9 Å². The van der Waals surface area contributed by atoms with Crippen LogP contribution < -0.4 is 9.80 Å². The summed E-state index contributed by atoms with van der Waals surface area (Å²) < 4.78 is 14.2. The maximum atomic E-state index is 14.2. The van der Waals surface area contributed by atoms with Crippen molar-refractivity contribution in [2.24, 2.45) is 5.92 Å². The highest BCUT2D eigenvalue weighted by Crippen LogP contribution is 2.29. The van der Waals surface area contributed by atoms with Crippen LogP contribution in [0.5, 0.6) is 0 Å². The number of carbonyl (C=O) groups is 1. The fourth-order valence-corrected chi connectivity index (χ4v) is 6.90. The summed E-state index contributed by atoms with van der Waals surface area (Å²) in [5.41, 5.74) is 3.74. The van der Waals surface area contributed by atoms with Crippen LogP contribution in [0.2, 0.25) is 5.15 Å². The normalized spacial score (nSPS) is 16.0. The van der Waals surface area contributed by atoms with Gasteiger partial charge >= 0.3 is 0 Å². The molecule has 0 radical (unpaired) electrons. The van der Waals surface area contributed by atoms with Crippen LogP contribution in [0.3, 0.4) is 0 Å². The van der Waals surface area contributed by atoms with E-state index in [0.717, 1.165) is 43.7 Å². The van der Waals surface area contributed by atoms with E-state index >= 15 is 0 Å². The SMILES string of the molecule is O=C(c1ccc(CSc2nc(Cl)cc(N3CCC(Cc4ccccc4)CC3)n2)cc1)N1CCN(c2ccccc2F)CC1. The van der Waals surface area contributed by atoms with Gasteiger partial charge in [-0.05, 0) is 60.6 Å². The van der Waals surface area contributed by atoms with Crippen LogP contribution in [0, 0.1) is 11.7 Å². The maximum Gasteiger partial charge on any atom is 0.253 e. The molecule has 0 bridgehead atoms. The number of anilines is 2. The van der Waals surface area contributed by atoms with Gasteiger partial charge in [0.15, 0.2) is 5.16 Å². The van der Waals surface area contributed by atoms with Gasteiger partial charge in [0.05, 0.1) is 5.69 Å². The Balaban J connectivity index is 0.997. The Morgan fingerprint density at radius 2 is 1.51 bits per heavy atom. The highest BCUT2D eigenvalue weighted by atomic mass is 35.5. The van der Waals surface area contributed by atoms with Gasteiger partial charge in [-0.2, -0.15) is 0 Å². The molecule has 2 fully saturated rings. The second kappa shape index (κ2) is 13.8. The molecule has 0 atom stereocenters. The van der Waals surface area contributed by atoms with Crippen LogP contribution in [0.1, 0.15) is 34.3 Å². The first kappa shape index (κ1) is 29.5. The summed E-state index contributed by atoms with van der Waals surface area (Å²) in [7, 11) is 0. The van der Waals surface area contributed by atoms with E-state index in [4.69, 9.17) is 16.6 Å². The number of thioether (sulfide) groups is 1. The van der Waals surface area contributed by atoms with Gasteiger partial charge in [0.2, 0.25) is 0 Å². The molecule has 6 rings (SSSR count). The first-order chi connectivity index (χ1) is 21.0. The Kier molecular flexibility index (Phi) is 9.44. The summed E-state index contributed by atoms with van der Waals surface area (Å²) >= 11 is 7.96. The molecular formula is C34H35ClFN5OS. The summed E-state index contributed by atoms with van der Waals surface area (Å²) in [5, 5.41) is 1.11. The third-order valence-electron chi connectivity index (χ3n) is 8.30. The zero-order valence-corrected chi connectivity index (χ0v) is 25.6. The Bertz CT molecular complexity index is 1520. The first-order valence-corrected chi connectivity index (χ1v) is 16.2. The van der Waals surface area contributed by atoms with Gasteiger partial charge < -0.3 is 14.7 Å². The number of para-hydroxylation sites is 1. The molecule has 4 aromatic rings. The van der Waals surface area contributed by atoms with Crippen molar-refractivity contribution in [3.05, 3.63) is 113 Å². The Labute approximate surface area is 261 Å². The lowest BCUT2D eigenvalue weighted by atomic mass is 9.90. The molecule has 3 heterocycles. The molecular weight excluding hydrogens is 581 g/mol. The minimum atomic E-state index is -0.228. The lowest BCUT2D eigenvalue weighted by Gasteiger charge is -2.36. The van der Waals surface area contributed by atoms with Crippen molar-refractivity contribution in [1.29, 1.82) is 0 Å². The molecule has 0 spiro atoms. The third kappa shape index (κ3) is 7.48. The Morgan fingerprint density at radius 1 is 0.814 bits per heavy atom. The molecule has 3 aromatic carbocycles. The summed E-state index contributed by atoms with van der Waals surface area (Å²) in [6.45, 7) is 4.25. The van der Waals surface area contributed by atoms with Gasteiger partial charge in [0.1, 0.15) is 16.8 Å². The number of aromatic nitrogens is 2. The molecule has 0 aliphatic carbocycles. The Hall–Kier alpha value is -3.62. The number of carbonyl (C=O) groups excluding carboxylic acids is 1. The maximum absolute atomic E-state index is 14.2. The zero-order chi connectivity index (χ0) is 29.6. The van der Waals surface area contributed by atoms with Gasteiger partial charge in [-0.1, -0.05) is 78.0 Å². The summed E-state index contributed by atoms with van der Waals surface area (Å²) in [6, 6.07) is 27.1. The number of piperazine rings is 1.